The molecule has 5 nitrogen and oxygen atoms in total. The van der Waals surface area contributed by atoms with E-state index >= 15 is 0 Å². The molecule has 2 aromatic rings. The molecule has 0 saturated heterocycles. The number of aryl methyl sites for hydroxylation is 1. The smallest absolute Gasteiger partial charge is 0.339 e. The largest absolute Gasteiger partial charge is 0.478 e. The third kappa shape index (κ3) is 2.96. The van der Waals surface area contributed by atoms with E-state index in [2.05, 4.69) is 15.3 Å². The summed E-state index contributed by atoms with van der Waals surface area (Å²) in [7, 11) is 0. The molecular formula is C11H10ClN3O2S. The first-order valence-electron chi connectivity index (χ1n) is 5.11. The fraction of sp³-hybridized carbons (Fsp3) is 0.182. The van der Waals surface area contributed by atoms with Gasteiger partial charge in [-0.25, -0.2) is 14.8 Å². The maximum Gasteiger partial charge on any atom is 0.339 e. The normalized spacial score (nSPS) is 10.3. The summed E-state index contributed by atoms with van der Waals surface area (Å²) in [5.41, 5.74) is 0.0904. The molecular weight excluding hydrogens is 274 g/mol. The van der Waals surface area contributed by atoms with Crippen molar-refractivity contribution < 1.29 is 9.90 Å². The molecule has 0 radical (unpaired) electrons. The van der Waals surface area contributed by atoms with E-state index < -0.39 is 5.97 Å². The van der Waals surface area contributed by atoms with Crippen LogP contribution in [0.3, 0.4) is 0 Å². The Kier molecular flexibility index (Phi) is 3.78. The number of carboxylic acid groups (broad SMARTS) is 1. The zero-order chi connectivity index (χ0) is 13.1. The Morgan fingerprint density at radius 3 is 2.94 bits per heavy atom. The highest BCUT2D eigenvalue weighted by Gasteiger charge is 2.12. The number of carbonyl (C=O) groups is 1. The number of hydrogen-bond acceptors (Lipinski definition) is 5. The first kappa shape index (κ1) is 12.8. The Labute approximate surface area is 112 Å². The topological polar surface area (TPSA) is 75.1 Å². The van der Waals surface area contributed by atoms with E-state index in [-0.39, 0.29) is 16.5 Å². The second kappa shape index (κ2) is 5.32. The maximum absolute atomic E-state index is 11.0. The van der Waals surface area contributed by atoms with Crippen LogP contribution in [-0.4, -0.2) is 21.0 Å². The van der Waals surface area contributed by atoms with Crippen molar-refractivity contribution in [3.8, 4) is 0 Å². The van der Waals surface area contributed by atoms with Gasteiger partial charge in [-0.3, -0.25) is 0 Å². The van der Waals surface area contributed by atoms with Crippen LogP contribution in [-0.2, 0) is 6.54 Å². The quantitative estimate of drug-likeness (QED) is 0.844. The fourth-order valence-electron chi connectivity index (χ4n) is 1.39. The molecule has 0 bridgehead atoms. The maximum atomic E-state index is 11.0. The molecule has 0 aromatic carbocycles. The molecule has 0 spiro atoms. The van der Waals surface area contributed by atoms with E-state index in [4.69, 9.17) is 16.7 Å². The zero-order valence-corrected chi connectivity index (χ0v) is 11.0. The van der Waals surface area contributed by atoms with Crippen LogP contribution in [0.4, 0.5) is 5.82 Å². The van der Waals surface area contributed by atoms with Crippen molar-refractivity contribution >= 4 is 34.7 Å². The average molecular weight is 284 g/mol. The number of nitrogens with one attached hydrogen (secondary N) is 1. The van der Waals surface area contributed by atoms with Crippen molar-refractivity contribution in [3.63, 3.8) is 0 Å². The van der Waals surface area contributed by atoms with Crippen LogP contribution < -0.4 is 5.32 Å². The number of thiazole rings is 1. The van der Waals surface area contributed by atoms with E-state index in [1.165, 1.54) is 12.1 Å². The summed E-state index contributed by atoms with van der Waals surface area (Å²) in [6.07, 6.45) is 1.77. The minimum atomic E-state index is -1.04. The molecule has 2 aromatic heterocycles. The second-order valence-corrected chi connectivity index (χ2v) is 5.26. The van der Waals surface area contributed by atoms with Crippen molar-refractivity contribution in [2.75, 3.05) is 5.32 Å². The second-order valence-electron chi connectivity index (χ2n) is 3.55. The number of rotatable bonds is 4. The summed E-state index contributed by atoms with van der Waals surface area (Å²) in [5, 5.41) is 13.1. The van der Waals surface area contributed by atoms with Gasteiger partial charge in [0.05, 0.1) is 6.54 Å². The highest BCUT2D eigenvalue weighted by molar-refractivity contribution is 7.11. The van der Waals surface area contributed by atoms with Gasteiger partial charge in [0.25, 0.3) is 0 Å². The number of carboxylic acids is 1. The number of halogens is 1. The summed E-state index contributed by atoms with van der Waals surface area (Å²) in [4.78, 5) is 20.3. The lowest BCUT2D eigenvalue weighted by Crippen LogP contribution is -2.08. The van der Waals surface area contributed by atoms with Crippen LogP contribution in [0.5, 0.6) is 0 Å². The molecule has 0 atom stereocenters. The number of anilines is 1. The molecule has 0 unspecified atom stereocenters. The van der Waals surface area contributed by atoms with Crippen LogP contribution in [0.2, 0.25) is 5.15 Å². The number of pyridine rings is 1. The Bertz CT molecular complexity index is 585. The molecule has 18 heavy (non-hydrogen) atoms. The van der Waals surface area contributed by atoms with E-state index in [0.717, 1.165) is 9.88 Å². The Balaban J connectivity index is 2.17. The van der Waals surface area contributed by atoms with Crippen molar-refractivity contribution in [2.45, 2.75) is 13.5 Å². The molecule has 2 rings (SSSR count). The van der Waals surface area contributed by atoms with Gasteiger partial charge in [-0.1, -0.05) is 11.6 Å². The summed E-state index contributed by atoms with van der Waals surface area (Å²) in [6.45, 7) is 2.38. The van der Waals surface area contributed by atoms with Crippen molar-refractivity contribution in [3.05, 3.63) is 38.9 Å². The van der Waals surface area contributed by atoms with E-state index in [9.17, 15) is 4.79 Å². The predicted molar refractivity (Wildman–Crippen MR) is 70.4 cm³/mol. The third-order valence-corrected chi connectivity index (χ3v) is 3.29. The van der Waals surface area contributed by atoms with Crippen LogP contribution in [0, 0.1) is 6.92 Å². The highest BCUT2D eigenvalue weighted by Crippen LogP contribution is 2.18. The first-order chi connectivity index (χ1) is 8.56. The summed E-state index contributed by atoms with van der Waals surface area (Å²) < 4.78 is 0. The van der Waals surface area contributed by atoms with E-state index in [1.54, 1.807) is 17.5 Å². The van der Waals surface area contributed by atoms with Crippen LogP contribution in [0.1, 0.15) is 20.2 Å². The van der Waals surface area contributed by atoms with Crippen LogP contribution in [0.15, 0.2) is 18.3 Å². The van der Waals surface area contributed by atoms with Gasteiger partial charge in [-0.2, -0.15) is 0 Å². The number of aromatic nitrogens is 2. The molecule has 2 N–H and O–H groups in total. The molecule has 0 fully saturated rings. The zero-order valence-electron chi connectivity index (χ0n) is 9.48. The molecule has 7 heteroatoms. The van der Waals surface area contributed by atoms with Gasteiger partial charge in [0.1, 0.15) is 21.5 Å². The van der Waals surface area contributed by atoms with Crippen molar-refractivity contribution in [1.29, 1.82) is 0 Å². The van der Waals surface area contributed by atoms with Crippen molar-refractivity contribution in [2.24, 2.45) is 0 Å². The monoisotopic (exact) mass is 283 g/mol. The van der Waals surface area contributed by atoms with Gasteiger partial charge >= 0.3 is 5.97 Å². The van der Waals surface area contributed by atoms with Crippen molar-refractivity contribution in [1.82, 2.24) is 9.97 Å². The van der Waals surface area contributed by atoms with Gasteiger partial charge in [0.15, 0.2) is 0 Å². The molecule has 0 amide bonds. The molecule has 2 heterocycles. The minimum absolute atomic E-state index is 0.0904. The lowest BCUT2D eigenvalue weighted by Gasteiger charge is -2.07. The van der Waals surface area contributed by atoms with Gasteiger partial charge < -0.3 is 10.4 Å². The van der Waals surface area contributed by atoms with Crippen LogP contribution >= 0.6 is 22.9 Å². The molecule has 0 aliphatic rings. The predicted octanol–water partition coefficient (Wildman–Crippen LogP) is 2.81. The molecule has 94 valence electrons. The molecule has 0 aliphatic carbocycles. The Morgan fingerprint density at radius 2 is 2.33 bits per heavy atom. The Morgan fingerprint density at radius 1 is 1.56 bits per heavy atom. The van der Waals surface area contributed by atoms with Gasteiger partial charge in [-0.05, 0) is 19.1 Å². The summed E-state index contributed by atoms with van der Waals surface area (Å²) in [6, 6.07) is 2.87. The number of hydrogen-bond donors (Lipinski definition) is 2. The third-order valence-electron chi connectivity index (χ3n) is 2.17. The van der Waals surface area contributed by atoms with Crippen LogP contribution in [0.25, 0.3) is 0 Å². The minimum Gasteiger partial charge on any atom is -0.478 e. The summed E-state index contributed by atoms with van der Waals surface area (Å²) in [5.74, 6) is -0.792. The lowest BCUT2D eigenvalue weighted by atomic mass is 10.2. The lowest BCUT2D eigenvalue weighted by molar-refractivity contribution is 0.0697. The average Bonchev–Trinajstić information content (AvgIpc) is 2.72. The van der Waals surface area contributed by atoms with Gasteiger partial charge in [0, 0.05) is 11.1 Å². The Hall–Kier alpha value is -1.66. The molecule has 0 saturated carbocycles. The first-order valence-corrected chi connectivity index (χ1v) is 6.30. The molecule has 0 aliphatic heterocycles. The van der Waals surface area contributed by atoms with E-state index in [0.29, 0.717) is 6.54 Å². The fourth-order valence-corrected chi connectivity index (χ4v) is 2.26. The SMILES string of the molecule is Cc1cnc(CNc2nc(Cl)ccc2C(=O)O)s1. The standard InChI is InChI=1S/C11H10ClN3O2S/c1-6-4-13-9(18-6)5-14-10-7(11(16)17)2-3-8(12)15-10/h2-4H,5H2,1H3,(H,14,15)(H,16,17). The van der Waals surface area contributed by atoms with Gasteiger partial charge in [-0.15, -0.1) is 11.3 Å². The number of aromatic carboxylic acids is 1. The van der Waals surface area contributed by atoms with Gasteiger partial charge in [0.2, 0.25) is 0 Å². The highest BCUT2D eigenvalue weighted by atomic mass is 35.5. The van der Waals surface area contributed by atoms with E-state index in [1.807, 2.05) is 6.92 Å². The summed E-state index contributed by atoms with van der Waals surface area (Å²) >= 11 is 7.29. The number of nitrogens with zero attached hydrogens (tertiary/aromatic N) is 2.